The van der Waals surface area contributed by atoms with Gasteiger partial charge in [0, 0.05) is 19.0 Å². The molecule has 0 atom stereocenters. The molecule has 0 aliphatic heterocycles. The van der Waals surface area contributed by atoms with E-state index in [0.717, 1.165) is 19.0 Å². The molecule has 1 saturated carbocycles. The van der Waals surface area contributed by atoms with Crippen LogP contribution in [-0.4, -0.2) is 19.0 Å². The van der Waals surface area contributed by atoms with E-state index in [2.05, 4.69) is 12.2 Å². The van der Waals surface area contributed by atoms with Gasteiger partial charge in [0.05, 0.1) is 0 Å². The number of nitrogens with one attached hydrogen (secondary N) is 1. The van der Waals surface area contributed by atoms with E-state index in [-0.39, 0.29) is 0 Å². The Morgan fingerprint density at radius 3 is 2.60 bits per heavy atom. The monoisotopic (exact) mass is 161 g/mol. The van der Waals surface area contributed by atoms with Crippen molar-refractivity contribution in [3.63, 3.8) is 0 Å². The Bertz CT molecular complexity index is 99.4. The molecule has 2 heteroatoms. The van der Waals surface area contributed by atoms with Gasteiger partial charge in [0.15, 0.2) is 0 Å². The molecule has 0 unspecified atom stereocenters. The molecule has 0 radical (unpaired) electrons. The second-order valence-corrected chi connectivity index (χ2v) is 3.91. The minimum atomic E-state index is 0.603. The van der Waals surface area contributed by atoms with Crippen molar-refractivity contribution in [1.29, 1.82) is 0 Å². The standard InChI is InChI=1S/C8H16ClN/c1-8(3-2-4-8)7-10-6-5-9/h10H,2-7H2,1H3. The predicted molar refractivity (Wildman–Crippen MR) is 45.5 cm³/mol. The molecule has 1 aliphatic carbocycles. The zero-order chi connectivity index (χ0) is 7.45. The summed E-state index contributed by atoms with van der Waals surface area (Å²) in [7, 11) is 0. The summed E-state index contributed by atoms with van der Waals surface area (Å²) < 4.78 is 0. The van der Waals surface area contributed by atoms with Gasteiger partial charge < -0.3 is 5.32 Å². The second-order valence-electron chi connectivity index (χ2n) is 3.53. The van der Waals surface area contributed by atoms with Crippen molar-refractivity contribution in [1.82, 2.24) is 5.32 Å². The first kappa shape index (κ1) is 8.35. The highest BCUT2D eigenvalue weighted by Crippen LogP contribution is 2.39. The van der Waals surface area contributed by atoms with E-state index < -0.39 is 0 Å². The molecule has 0 bridgehead atoms. The van der Waals surface area contributed by atoms with Crippen LogP contribution < -0.4 is 5.32 Å². The van der Waals surface area contributed by atoms with Crippen LogP contribution in [0.25, 0.3) is 0 Å². The third kappa shape index (κ3) is 2.14. The summed E-state index contributed by atoms with van der Waals surface area (Å²) in [5.74, 6) is 0.732. The lowest BCUT2D eigenvalue weighted by Crippen LogP contribution is -2.37. The van der Waals surface area contributed by atoms with Gasteiger partial charge in [-0.3, -0.25) is 0 Å². The summed E-state index contributed by atoms with van der Waals surface area (Å²) in [5.41, 5.74) is 0.603. The van der Waals surface area contributed by atoms with Gasteiger partial charge >= 0.3 is 0 Å². The molecular weight excluding hydrogens is 146 g/mol. The summed E-state index contributed by atoms with van der Waals surface area (Å²) >= 11 is 5.53. The van der Waals surface area contributed by atoms with Gasteiger partial charge in [-0.1, -0.05) is 13.3 Å². The van der Waals surface area contributed by atoms with Crippen LogP contribution in [0.3, 0.4) is 0 Å². The Morgan fingerprint density at radius 1 is 1.50 bits per heavy atom. The average Bonchev–Trinajstić information content (AvgIpc) is 1.85. The maximum atomic E-state index is 5.53. The maximum absolute atomic E-state index is 5.53. The molecule has 10 heavy (non-hydrogen) atoms. The van der Waals surface area contributed by atoms with Gasteiger partial charge in [0.1, 0.15) is 0 Å². The summed E-state index contributed by atoms with van der Waals surface area (Å²) in [6, 6.07) is 0. The largest absolute Gasteiger partial charge is 0.315 e. The van der Waals surface area contributed by atoms with E-state index in [4.69, 9.17) is 11.6 Å². The molecule has 0 amide bonds. The van der Waals surface area contributed by atoms with Gasteiger partial charge in [-0.05, 0) is 18.3 Å². The van der Waals surface area contributed by atoms with Crippen molar-refractivity contribution >= 4 is 11.6 Å². The number of rotatable bonds is 4. The zero-order valence-corrected chi connectivity index (χ0v) is 7.38. The smallest absolute Gasteiger partial charge is 0.0348 e. The molecule has 1 fully saturated rings. The maximum Gasteiger partial charge on any atom is 0.0348 e. The van der Waals surface area contributed by atoms with E-state index in [1.54, 1.807) is 0 Å². The Kier molecular flexibility index (Phi) is 2.99. The van der Waals surface area contributed by atoms with E-state index in [1.807, 2.05) is 0 Å². The van der Waals surface area contributed by atoms with E-state index in [9.17, 15) is 0 Å². The van der Waals surface area contributed by atoms with Crippen molar-refractivity contribution in [3.8, 4) is 0 Å². The van der Waals surface area contributed by atoms with Crippen LogP contribution in [0, 0.1) is 5.41 Å². The SMILES string of the molecule is CC1(CNCCCl)CCC1. The predicted octanol–water partition coefficient (Wildman–Crippen LogP) is 2.00. The first-order valence-corrected chi connectivity index (χ1v) is 4.57. The first-order chi connectivity index (χ1) is 4.77. The van der Waals surface area contributed by atoms with Crippen molar-refractivity contribution < 1.29 is 0 Å². The molecule has 0 saturated heterocycles. The van der Waals surface area contributed by atoms with Crippen LogP contribution in [0.5, 0.6) is 0 Å². The lowest BCUT2D eigenvalue weighted by atomic mass is 9.70. The second kappa shape index (κ2) is 3.59. The molecule has 1 N–H and O–H groups in total. The van der Waals surface area contributed by atoms with Crippen molar-refractivity contribution in [2.45, 2.75) is 26.2 Å². The van der Waals surface area contributed by atoms with Crippen LogP contribution in [-0.2, 0) is 0 Å². The third-order valence-corrected chi connectivity index (χ3v) is 2.57. The number of hydrogen-bond donors (Lipinski definition) is 1. The Hall–Kier alpha value is 0.250. The van der Waals surface area contributed by atoms with E-state index in [0.29, 0.717) is 5.41 Å². The Balaban J connectivity index is 2.01. The Morgan fingerprint density at radius 2 is 2.20 bits per heavy atom. The zero-order valence-electron chi connectivity index (χ0n) is 6.62. The molecule has 0 aromatic rings. The molecular formula is C8H16ClN. The van der Waals surface area contributed by atoms with Gasteiger partial charge in [0.2, 0.25) is 0 Å². The molecule has 0 heterocycles. The van der Waals surface area contributed by atoms with Crippen LogP contribution in [0.2, 0.25) is 0 Å². The average molecular weight is 162 g/mol. The molecule has 1 rings (SSSR count). The highest BCUT2D eigenvalue weighted by Gasteiger charge is 2.30. The minimum absolute atomic E-state index is 0.603. The molecule has 1 nitrogen and oxygen atoms in total. The van der Waals surface area contributed by atoms with Gasteiger partial charge in [-0.25, -0.2) is 0 Å². The van der Waals surface area contributed by atoms with Crippen LogP contribution in [0.1, 0.15) is 26.2 Å². The van der Waals surface area contributed by atoms with Crippen molar-refractivity contribution in [3.05, 3.63) is 0 Å². The molecule has 0 aromatic heterocycles. The lowest BCUT2D eigenvalue weighted by Gasteiger charge is -2.38. The molecule has 1 aliphatic rings. The molecule has 0 aromatic carbocycles. The van der Waals surface area contributed by atoms with Crippen molar-refractivity contribution in [2.24, 2.45) is 5.41 Å². The quantitative estimate of drug-likeness (QED) is 0.492. The number of halogens is 1. The molecule has 0 spiro atoms. The fraction of sp³-hybridized carbons (Fsp3) is 1.00. The first-order valence-electron chi connectivity index (χ1n) is 4.04. The Labute approximate surface area is 68.1 Å². The highest BCUT2D eigenvalue weighted by molar-refractivity contribution is 6.18. The van der Waals surface area contributed by atoms with Crippen LogP contribution in [0.4, 0.5) is 0 Å². The van der Waals surface area contributed by atoms with Gasteiger partial charge in [-0.2, -0.15) is 0 Å². The van der Waals surface area contributed by atoms with Crippen LogP contribution in [0.15, 0.2) is 0 Å². The summed E-state index contributed by atoms with van der Waals surface area (Å²) in [6.45, 7) is 4.45. The fourth-order valence-corrected chi connectivity index (χ4v) is 1.55. The lowest BCUT2D eigenvalue weighted by molar-refractivity contribution is 0.158. The molecule has 60 valence electrons. The summed E-state index contributed by atoms with van der Waals surface area (Å²) in [5, 5.41) is 3.35. The van der Waals surface area contributed by atoms with Crippen molar-refractivity contribution in [2.75, 3.05) is 19.0 Å². The van der Waals surface area contributed by atoms with E-state index in [1.165, 1.54) is 19.3 Å². The fourth-order valence-electron chi connectivity index (χ4n) is 1.41. The topological polar surface area (TPSA) is 12.0 Å². The highest BCUT2D eigenvalue weighted by atomic mass is 35.5. The summed E-state index contributed by atoms with van der Waals surface area (Å²) in [4.78, 5) is 0. The third-order valence-electron chi connectivity index (χ3n) is 2.38. The minimum Gasteiger partial charge on any atom is -0.315 e. The summed E-state index contributed by atoms with van der Waals surface area (Å²) in [6.07, 6.45) is 4.20. The normalized spacial score (nSPS) is 22.2. The number of hydrogen-bond acceptors (Lipinski definition) is 1. The van der Waals surface area contributed by atoms with Gasteiger partial charge in [-0.15, -0.1) is 11.6 Å². The van der Waals surface area contributed by atoms with E-state index >= 15 is 0 Å². The van der Waals surface area contributed by atoms with Gasteiger partial charge in [0.25, 0.3) is 0 Å². The number of alkyl halides is 1. The van der Waals surface area contributed by atoms with Crippen LogP contribution >= 0.6 is 11.6 Å².